The molecule has 2 aliphatic carbocycles. The maximum Gasteiger partial charge on any atom is 0.416 e. The van der Waals surface area contributed by atoms with E-state index in [-0.39, 0.29) is 0 Å². The third-order valence-corrected chi connectivity index (χ3v) is 6.74. The fraction of sp³-hybridized carbons (Fsp3) is 0.111. The van der Waals surface area contributed by atoms with Crippen molar-refractivity contribution in [2.45, 2.75) is 17.8 Å². The fourth-order valence-corrected chi connectivity index (χ4v) is 5.49. The Bertz CT molecular complexity index is 1330. The van der Waals surface area contributed by atoms with Crippen LogP contribution in [0.25, 0.3) is 22.3 Å². The molecule has 33 heavy (non-hydrogen) atoms. The lowest BCUT2D eigenvalue weighted by Crippen LogP contribution is -2.27. The molecule has 1 spiro atoms. The second-order valence-electron chi connectivity index (χ2n) is 8.36. The number of rotatable bonds is 0. The smallest absolute Gasteiger partial charge is 0.166 e. The van der Waals surface area contributed by atoms with Crippen molar-refractivity contribution in [1.82, 2.24) is 0 Å². The third kappa shape index (κ3) is 2.55. The van der Waals surface area contributed by atoms with Crippen LogP contribution in [0, 0.1) is 0 Å². The molecule has 0 heterocycles. The summed E-state index contributed by atoms with van der Waals surface area (Å²) in [5.74, 6) is 0. The van der Waals surface area contributed by atoms with Gasteiger partial charge in [0.25, 0.3) is 0 Å². The summed E-state index contributed by atoms with van der Waals surface area (Å²) in [4.78, 5) is 0. The van der Waals surface area contributed by atoms with E-state index in [0.717, 1.165) is 35.4 Å². The number of hydrogen-bond donors (Lipinski definition) is 0. The molecule has 4 aromatic rings. The maximum absolute atomic E-state index is 13.7. The molecule has 0 amide bonds. The summed E-state index contributed by atoms with van der Waals surface area (Å²) in [6.07, 6.45) is -9.17. The molecule has 0 N–H and O–H groups in total. The second kappa shape index (κ2) is 6.28. The fourth-order valence-electron chi connectivity index (χ4n) is 5.49. The Hall–Kier alpha value is -3.54. The molecule has 0 unspecified atom stereocenters. The van der Waals surface area contributed by atoms with Crippen LogP contribution in [0.1, 0.15) is 33.4 Å². The van der Waals surface area contributed by atoms with Crippen LogP contribution >= 0.6 is 0 Å². The first-order valence-corrected chi connectivity index (χ1v) is 10.3. The lowest BCUT2D eigenvalue weighted by atomic mass is 9.70. The standard InChI is InChI=1S/C27H14F6/c28-26(29,30)15-9-11-19-20-12-10-16(27(31,32)33)14-24(20)25(23(19)13-15)21-7-3-1-5-17(21)18-6-2-4-8-22(18)25/h1-14H. The Morgan fingerprint density at radius 3 is 1.18 bits per heavy atom. The molecule has 0 nitrogen and oxygen atoms in total. The van der Waals surface area contributed by atoms with Crippen molar-refractivity contribution in [2.24, 2.45) is 0 Å². The Labute approximate surface area is 185 Å². The first-order valence-electron chi connectivity index (χ1n) is 10.3. The van der Waals surface area contributed by atoms with E-state index in [4.69, 9.17) is 0 Å². The molecule has 2 aliphatic rings. The average molecular weight is 452 g/mol. The van der Waals surface area contributed by atoms with Crippen molar-refractivity contribution in [3.8, 4) is 22.3 Å². The predicted molar refractivity (Wildman–Crippen MR) is 113 cm³/mol. The lowest BCUT2D eigenvalue weighted by molar-refractivity contribution is -0.138. The SMILES string of the molecule is FC(F)(F)c1ccc2c(c1)C1(c3ccccc3-c3ccccc31)c1cc(C(F)(F)F)ccc1-2. The Morgan fingerprint density at radius 2 is 0.788 bits per heavy atom. The first kappa shape index (κ1) is 20.1. The Morgan fingerprint density at radius 1 is 0.424 bits per heavy atom. The highest BCUT2D eigenvalue weighted by Gasteiger charge is 2.53. The molecule has 4 aromatic carbocycles. The Kier molecular flexibility index (Phi) is 3.82. The largest absolute Gasteiger partial charge is 0.416 e. The van der Waals surface area contributed by atoms with Gasteiger partial charge in [-0.15, -0.1) is 0 Å². The quantitative estimate of drug-likeness (QED) is 0.205. The summed E-state index contributed by atoms with van der Waals surface area (Å²) >= 11 is 0. The summed E-state index contributed by atoms with van der Waals surface area (Å²) in [6.45, 7) is 0. The van der Waals surface area contributed by atoms with Gasteiger partial charge in [-0.2, -0.15) is 26.3 Å². The van der Waals surface area contributed by atoms with E-state index in [9.17, 15) is 26.3 Å². The maximum atomic E-state index is 13.7. The van der Waals surface area contributed by atoms with Crippen LogP contribution in [-0.2, 0) is 17.8 Å². The Balaban J connectivity index is 1.80. The highest BCUT2D eigenvalue weighted by molar-refractivity contribution is 5.95. The average Bonchev–Trinajstić information content (AvgIpc) is 3.24. The molecule has 0 aromatic heterocycles. The van der Waals surface area contributed by atoms with Crippen molar-refractivity contribution in [1.29, 1.82) is 0 Å². The summed E-state index contributed by atoms with van der Waals surface area (Å²) < 4.78 is 82.3. The molecule has 0 atom stereocenters. The van der Waals surface area contributed by atoms with Crippen LogP contribution in [0.3, 0.4) is 0 Å². The van der Waals surface area contributed by atoms with E-state index in [1.165, 1.54) is 12.1 Å². The van der Waals surface area contributed by atoms with Crippen LogP contribution in [0.5, 0.6) is 0 Å². The highest BCUT2D eigenvalue weighted by Crippen LogP contribution is 2.63. The van der Waals surface area contributed by atoms with E-state index in [0.29, 0.717) is 33.4 Å². The summed E-state index contributed by atoms with van der Waals surface area (Å²) in [5.41, 5.74) is 1.79. The zero-order valence-electron chi connectivity index (χ0n) is 16.9. The van der Waals surface area contributed by atoms with Gasteiger partial charge >= 0.3 is 12.4 Å². The molecule has 0 aliphatic heterocycles. The second-order valence-corrected chi connectivity index (χ2v) is 8.36. The van der Waals surface area contributed by atoms with Gasteiger partial charge in [-0.1, -0.05) is 60.7 Å². The number of fused-ring (bicyclic) bond motifs is 10. The number of hydrogen-bond acceptors (Lipinski definition) is 0. The van der Waals surface area contributed by atoms with Crippen molar-refractivity contribution in [3.63, 3.8) is 0 Å². The lowest BCUT2D eigenvalue weighted by Gasteiger charge is -2.31. The van der Waals surface area contributed by atoms with Gasteiger partial charge in [0.15, 0.2) is 0 Å². The van der Waals surface area contributed by atoms with Gasteiger partial charge in [0.2, 0.25) is 0 Å². The van der Waals surface area contributed by atoms with Gasteiger partial charge in [0.05, 0.1) is 16.5 Å². The van der Waals surface area contributed by atoms with Crippen LogP contribution in [0.2, 0.25) is 0 Å². The monoisotopic (exact) mass is 452 g/mol. The van der Waals surface area contributed by atoms with Gasteiger partial charge in [0.1, 0.15) is 0 Å². The van der Waals surface area contributed by atoms with Crippen molar-refractivity contribution in [2.75, 3.05) is 0 Å². The van der Waals surface area contributed by atoms with Crippen LogP contribution in [0.15, 0.2) is 84.9 Å². The third-order valence-electron chi connectivity index (χ3n) is 6.74. The molecule has 6 rings (SSSR count). The van der Waals surface area contributed by atoms with Crippen molar-refractivity contribution < 1.29 is 26.3 Å². The van der Waals surface area contributed by atoms with E-state index in [1.807, 2.05) is 24.3 Å². The van der Waals surface area contributed by atoms with Crippen LogP contribution in [-0.4, -0.2) is 0 Å². The van der Waals surface area contributed by atoms with E-state index >= 15 is 0 Å². The van der Waals surface area contributed by atoms with Gasteiger partial charge in [-0.05, 0) is 68.8 Å². The normalized spacial score (nSPS) is 15.2. The molecule has 0 saturated carbocycles. The minimum absolute atomic E-state index is 0.351. The molecule has 0 radical (unpaired) electrons. The van der Waals surface area contributed by atoms with Gasteiger partial charge in [0, 0.05) is 0 Å². The van der Waals surface area contributed by atoms with E-state index in [2.05, 4.69) is 0 Å². The van der Waals surface area contributed by atoms with Gasteiger partial charge in [-0.3, -0.25) is 0 Å². The number of benzene rings is 4. The molecular formula is C27H14F6. The summed E-state index contributed by atoms with van der Waals surface area (Å²) in [5, 5.41) is 0. The first-order chi connectivity index (χ1) is 15.6. The summed E-state index contributed by atoms with van der Waals surface area (Å²) in [7, 11) is 0. The molecular weight excluding hydrogens is 438 g/mol. The van der Waals surface area contributed by atoms with Gasteiger partial charge < -0.3 is 0 Å². The molecule has 164 valence electrons. The van der Waals surface area contributed by atoms with Crippen molar-refractivity contribution >= 4 is 0 Å². The number of alkyl halides is 6. The molecule has 0 bridgehead atoms. The van der Waals surface area contributed by atoms with Crippen molar-refractivity contribution in [3.05, 3.63) is 118 Å². The zero-order valence-corrected chi connectivity index (χ0v) is 16.9. The minimum Gasteiger partial charge on any atom is -0.166 e. The highest BCUT2D eigenvalue weighted by atomic mass is 19.4. The van der Waals surface area contributed by atoms with Crippen LogP contribution in [0.4, 0.5) is 26.3 Å². The number of halogens is 6. The van der Waals surface area contributed by atoms with Gasteiger partial charge in [-0.25, -0.2) is 0 Å². The molecule has 6 heteroatoms. The molecule has 0 fully saturated rings. The van der Waals surface area contributed by atoms with Crippen LogP contribution < -0.4 is 0 Å². The van der Waals surface area contributed by atoms with E-state index in [1.54, 1.807) is 24.3 Å². The zero-order chi connectivity index (χ0) is 23.2. The molecule has 0 saturated heterocycles. The topological polar surface area (TPSA) is 0 Å². The summed E-state index contributed by atoms with van der Waals surface area (Å²) in [6, 6.07) is 21.4. The minimum atomic E-state index is -4.58. The predicted octanol–water partition coefficient (Wildman–Crippen LogP) is 8.07. The van der Waals surface area contributed by atoms with E-state index < -0.39 is 28.9 Å².